The molecule has 0 radical (unpaired) electrons. The molecular formula is C11H9BrFN3. The molecule has 0 atom stereocenters. The van der Waals surface area contributed by atoms with Gasteiger partial charge >= 0.3 is 0 Å². The zero-order chi connectivity index (χ0) is 11.5. The van der Waals surface area contributed by atoms with Gasteiger partial charge in [-0.1, -0.05) is 6.07 Å². The summed E-state index contributed by atoms with van der Waals surface area (Å²) < 4.78 is 13.8. The van der Waals surface area contributed by atoms with Crippen molar-refractivity contribution in [3.05, 3.63) is 47.1 Å². The van der Waals surface area contributed by atoms with E-state index >= 15 is 0 Å². The SMILES string of the molecule is CN(c1cccc(F)c1)c1ncncc1Br. The van der Waals surface area contributed by atoms with E-state index in [2.05, 4.69) is 25.9 Å². The van der Waals surface area contributed by atoms with E-state index < -0.39 is 0 Å². The minimum Gasteiger partial charge on any atom is -0.328 e. The lowest BCUT2D eigenvalue weighted by molar-refractivity contribution is 0.628. The molecule has 82 valence electrons. The van der Waals surface area contributed by atoms with Crippen molar-refractivity contribution in [1.82, 2.24) is 9.97 Å². The quantitative estimate of drug-likeness (QED) is 0.847. The molecule has 0 aliphatic rings. The summed E-state index contributed by atoms with van der Waals surface area (Å²) in [4.78, 5) is 9.80. The van der Waals surface area contributed by atoms with Crippen LogP contribution in [0.25, 0.3) is 0 Å². The van der Waals surface area contributed by atoms with E-state index in [1.807, 2.05) is 13.1 Å². The topological polar surface area (TPSA) is 29.0 Å². The first-order valence-corrected chi connectivity index (χ1v) is 5.42. The van der Waals surface area contributed by atoms with Gasteiger partial charge in [-0.05, 0) is 34.1 Å². The number of aromatic nitrogens is 2. The number of halogens is 2. The maximum Gasteiger partial charge on any atom is 0.150 e. The molecule has 5 heteroatoms. The summed E-state index contributed by atoms with van der Waals surface area (Å²) in [5, 5.41) is 0. The lowest BCUT2D eigenvalue weighted by Gasteiger charge is -2.18. The minimum atomic E-state index is -0.269. The lowest BCUT2D eigenvalue weighted by atomic mass is 10.3. The third-order valence-electron chi connectivity index (χ3n) is 2.16. The van der Waals surface area contributed by atoms with Crippen LogP contribution in [0.4, 0.5) is 15.9 Å². The molecule has 3 nitrogen and oxygen atoms in total. The Hall–Kier alpha value is -1.49. The van der Waals surface area contributed by atoms with Crippen LogP contribution in [0.15, 0.2) is 41.3 Å². The maximum atomic E-state index is 13.1. The summed E-state index contributed by atoms with van der Waals surface area (Å²) in [6, 6.07) is 6.34. The highest BCUT2D eigenvalue weighted by Gasteiger charge is 2.09. The first-order chi connectivity index (χ1) is 7.68. The van der Waals surface area contributed by atoms with Crippen LogP contribution in [0.1, 0.15) is 0 Å². The van der Waals surface area contributed by atoms with Crippen molar-refractivity contribution < 1.29 is 4.39 Å². The van der Waals surface area contributed by atoms with Crippen LogP contribution in [0.5, 0.6) is 0 Å². The molecule has 0 fully saturated rings. The molecule has 0 unspecified atom stereocenters. The smallest absolute Gasteiger partial charge is 0.150 e. The molecule has 1 heterocycles. The van der Waals surface area contributed by atoms with Crippen molar-refractivity contribution >= 4 is 27.4 Å². The fourth-order valence-electron chi connectivity index (χ4n) is 1.36. The van der Waals surface area contributed by atoms with Gasteiger partial charge in [-0.15, -0.1) is 0 Å². The number of anilines is 2. The van der Waals surface area contributed by atoms with Crippen LogP contribution in [0.2, 0.25) is 0 Å². The van der Waals surface area contributed by atoms with Crippen LogP contribution >= 0.6 is 15.9 Å². The van der Waals surface area contributed by atoms with E-state index in [1.165, 1.54) is 18.5 Å². The highest BCUT2D eigenvalue weighted by Crippen LogP contribution is 2.27. The van der Waals surface area contributed by atoms with Gasteiger partial charge in [-0.3, -0.25) is 0 Å². The third kappa shape index (κ3) is 2.19. The van der Waals surface area contributed by atoms with Crippen LogP contribution in [0, 0.1) is 5.82 Å². The third-order valence-corrected chi connectivity index (χ3v) is 2.72. The first kappa shape index (κ1) is 11.0. The molecule has 0 saturated heterocycles. The molecule has 0 aliphatic heterocycles. The summed E-state index contributed by atoms with van der Waals surface area (Å²) in [5.74, 6) is 0.426. The molecule has 0 saturated carbocycles. The Morgan fingerprint density at radius 1 is 1.38 bits per heavy atom. The predicted octanol–water partition coefficient (Wildman–Crippen LogP) is 3.15. The van der Waals surface area contributed by atoms with Gasteiger partial charge in [-0.2, -0.15) is 0 Å². The molecule has 0 bridgehead atoms. The molecule has 0 aliphatic carbocycles. The Kier molecular flexibility index (Phi) is 3.14. The summed E-state index contributed by atoms with van der Waals surface area (Å²) >= 11 is 3.35. The number of nitrogens with zero attached hydrogens (tertiary/aromatic N) is 3. The molecular weight excluding hydrogens is 273 g/mol. The van der Waals surface area contributed by atoms with Gasteiger partial charge in [0, 0.05) is 18.9 Å². The van der Waals surface area contributed by atoms with E-state index in [-0.39, 0.29) is 5.82 Å². The van der Waals surface area contributed by atoms with Crippen molar-refractivity contribution in [3.8, 4) is 0 Å². The molecule has 2 aromatic rings. The summed E-state index contributed by atoms with van der Waals surface area (Å²) in [6.07, 6.45) is 3.11. The molecule has 0 N–H and O–H groups in total. The monoisotopic (exact) mass is 281 g/mol. The average Bonchev–Trinajstić information content (AvgIpc) is 2.29. The van der Waals surface area contributed by atoms with Gasteiger partial charge in [-0.25, -0.2) is 14.4 Å². The largest absolute Gasteiger partial charge is 0.328 e. The van der Waals surface area contributed by atoms with E-state index in [4.69, 9.17) is 0 Å². The van der Waals surface area contributed by atoms with Gasteiger partial charge in [0.2, 0.25) is 0 Å². The Labute approximate surface area is 101 Å². The van der Waals surface area contributed by atoms with E-state index in [0.717, 1.165) is 10.2 Å². The molecule has 1 aromatic carbocycles. The van der Waals surface area contributed by atoms with E-state index in [1.54, 1.807) is 17.2 Å². The van der Waals surface area contributed by atoms with Crippen molar-refractivity contribution in [1.29, 1.82) is 0 Å². The second-order valence-corrected chi connectivity index (χ2v) is 4.09. The molecule has 2 rings (SSSR count). The standard InChI is InChI=1S/C11H9BrFN3/c1-16(9-4-2-3-8(13)5-9)11-10(12)6-14-7-15-11/h2-7H,1H3. The highest BCUT2D eigenvalue weighted by molar-refractivity contribution is 9.10. The van der Waals surface area contributed by atoms with Crippen molar-refractivity contribution in [2.75, 3.05) is 11.9 Å². The van der Waals surface area contributed by atoms with Gasteiger partial charge < -0.3 is 4.90 Å². The van der Waals surface area contributed by atoms with E-state index in [9.17, 15) is 4.39 Å². The Bertz CT molecular complexity index is 504. The van der Waals surface area contributed by atoms with Crippen molar-refractivity contribution in [2.24, 2.45) is 0 Å². The van der Waals surface area contributed by atoms with Crippen molar-refractivity contribution in [3.63, 3.8) is 0 Å². The van der Waals surface area contributed by atoms with Gasteiger partial charge in [0.25, 0.3) is 0 Å². The van der Waals surface area contributed by atoms with Crippen molar-refractivity contribution in [2.45, 2.75) is 0 Å². The summed E-state index contributed by atoms with van der Waals surface area (Å²) in [5.41, 5.74) is 0.736. The van der Waals surface area contributed by atoms with Crippen LogP contribution in [-0.2, 0) is 0 Å². The molecule has 16 heavy (non-hydrogen) atoms. The lowest BCUT2D eigenvalue weighted by Crippen LogP contribution is -2.12. The van der Waals surface area contributed by atoms with Gasteiger partial charge in [0.15, 0.2) is 5.82 Å². The van der Waals surface area contributed by atoms with Crippen LogP contribution < -0.4 is 4.90 Å². The van der Waals surface area contributed by atoms with Gasteiger partial charge in [0.1, 0.15) is 12.1 Å². The Morgan fingerprint density at radius 2 is 2.19 bits per heavy atom. The van der Waals surface area contributed by atoms with Crippen LogP contribution in [-0.4, -0.2) is 17.0 Å². The second kappa shape index (κ2) is 4.57. The summed E-state index contributed by atoms with van der Waals surface area (Å²) in [6.45, 7) is 0. The summed E-state index contributed by atoms with van der Waals surface area (Å²) in [7, 11) is 1.82. The normalized spacial score (nSPS) is 10.2. The zero-order valence-electron chi connectivity index (χ0n) is 8.56. The maximum absolute atomic E-state index is 13.1. The molecule has 0 amide bonds. The number of hydrogen-bond donors (Lipinski definition) is 0. The second-order valence-electron chi connectivity index (χ2n) is 3.23. The zero-order valence-corrected chi connectivity index (χ0v) is 10.1. The first-order valence-electron chi connectivity index (χ1n) is 4.63. The fraction of sp³-hybridized carbons (Fsp3) is 0.0909. The number of hydrogen-bond acceptors (Lipinski definition) is 3. The van der Waals surface area contributed by atoms with E-state index in [0.29, 0.717) is 5.82 Å². The number of benzene rings is 1. The minimum absolute atomic E-state index is 0.269. The highest BCUT2D eigenvalue weighted by atomic mass is 79.9. The fourth-order valence-corrected chi connectivity index (χ4v) is 1.85. The Balaban J connectivity index is 2.39. The average molecular weight is 282 g/mol. The molecule has 0 spiro atoms. The van der Waals surface area contributed by atoms with Crippen LogP contribution in [0.3, 0.4) is 0 Å². The van der Waals surface area contributed by atoms with Gasteiger partial charge in [0.05, 0.1) is 4.47 Å². The Morgan fingerprint density at radius 3 is 2.88 bits per heavy atom. The predicted molar refractivity (Wildman–Crippen MR) is 64.2 cm³/mol. The molecule has 1 aromatic heterocycles. The number of rotatable bonds is 2.